The first-order chi connectivity index (χ1) is 12.7. The highest BCUT2D eigenvalue weighted by atomic mass is 16.5. The summed E-state index contributed by atoms with van der Waals surface area (Å²) >= 11 is 0. The van der Waals surface area contributed by atoms with Crippen molar-refractivity contribution in [3.8, 4) is 11.1 Å². The van der Waals surface area contributed by atoms with E-state index in [4.69, 9.17) is 14.3 Å². The van der Waals surface area contributed by atoms with Gasteiger partial charge >= 0.3 is 5.97 Å². The fourth-order valence-electron chi connectivity index (χ4n) is 3.34. The van der Waals surface area contributed by atoms with Crippen LogP contribution >= 0.6 is 0 Å². The maximum atomic E-state index is 12.0. The standard InChI is InChI=1S/C21H18N2O3/c1-13-19-15-10-6-7-11-16(15)20(14-8-4-3-5-9-14)22-17(12-18(24)25-2)21(19)26-23-13/h3-11,17H,12H2,1-2H3/t17-/m0/s1. The molecule has 0 spiro atoms. The van der Waals surface area contributed by atoms with E-state index in [9.17, 15) is 4.79 Å². The lowest BCUT2D eigenvalue weighted by atomic mass is 9.93. The topological polar surface area (TPSA) is 64.7 Å². The third-order valence-corrected chi connectivity index (χ3v) is 4.56. The highest BCUT2D eigenvalue weighted by Crippen LogP contribution is 2.40. The van der Waals surface area contributed by atoms with Crippen LogP contribution in [0.3, 0.4) is 0 Å². The van der Waals surface area contributed by atoms with Crippen molar-refractivity contribution in [2.24, 2.45) is 4.99 Å². The SMILES string of the molecule is COC(=O)C[C@@H]1N=C(c2ccccc2)c2ccccc2-c2c(C)noc21. The van der Waals surface area contributed by atoms with Crippen molar-refractivity contribution in [1.82, 2.24) is 5.16 Å². The number of ether oxygens (including phenoxy) is 1. The molecule has 0 radical (unpaired) electrons. The summed E-state index contributed by atoms with van der Waals surface area (Å²) in [5.41, 5.74) is 5.53. The number of aryl methyl sites for hydroxylation is 1. The fraction of sp³-hybridized carbons (Fsp3) is 0.190. The smallest absolute Gasteiger partial charge is 0.308 e. The number of rotatable bonds is 3. The van der Waals surface area contributed by atoms with Crippen molar-refractivity contribution >= 4 is 11.7 Å². The van der Waals surface area contributed by atoms with E-state index in [0.717, 1.165) is 33.7 Å². The molecule has 1 aliphatic rings. The van der Waals surface area contributed by atoms with Crippen LogP contribution in [0.2, 0.25) is 0 Å². The van der Waals surface area contributed by atoms with Gasteiger partial charge in [-0.2, -0.15) is 0 Å². The van der Waals surface area contributed by atoms with Gasteiger partial charge in [0.15, 0.2) is 5.76 Å². The van der Waals surface area contributed by atoms with Gasteiger partial charge in [-0.15, -0.1) is 0 Å². The summed E-state index contributed by atoms with van der Waals surface area (Å²) in [7, 11) is 1.38. The molecule has 0 amide bonds. The monoisotopic (exact) mass is 346 g/mol. The predicted molar refractivity (Wildman–Crippen MR) is 98.1 cm³/mol. The number of aromatic nitrogens is 1. The van der Waals surface area contributed by atoms with Crippen LogP contribution in [-0.2, 0) is 9.53 Å². The summed E-state index contributed by atoms with van der Waals surface area (Å²) in [4.78, 5) is 16.9. The van der Waals surface area contributed by atoms with E-state index in [1.165, 1.54) is 7.11 Å². The number of aliphatic imine (C=N–C) groups is 1. The minimum atomic E-state index is -0.485. The van der Waals surface area contributed by atoms with E-state index in [1.807, 2.05) is 61.5 Å². The Morgan fingerprint density at radius 3 is 2.50 bits per heavy atom. The minimum absolute atomic E-state index is 0.0997. The summed E-state index contributed by atoms with van der Waals surface area (Å²) in [6, 6.07) is 17.5. The summed E-state index contributed by atoms with van der Waals surface area (Å²) in [5, 5.41) is 4.12. The number of methoxy groups -OCH3 is 1. The Morgan fingerprint density at radius 1 is 1.08 bits per heavy atom. The Bertz CT molecular complexity index is 990. The molecule has 4 rings (SSSR count). The van der Waals surface area contributed by atoms with Crippen LogP contribution in [-0.4, -0.2) is 23.9 Å². The summed E-state index contributed by atoms with van der Waals surface area (Å²) in [5.74, 6) is 0.267. The van der Waals surface area contributed by atoms with Gasteiger partial charge in [0, 0.05) is 11.1 Å². The zero-order chi connectivity index (χ0) is 18.1. The lowest BCUT2D eigenvalue weighted by Gasteiger charge is -2.11. The Morgan fingerprint density at radius 2 is 1.77 bits per heavy atom. The number of esters is 1. The maximum Gasteiger partial charge on any atom is 0.308 e. The van der Waals surface area contributed by atoms with Crippen LogP contribution in [0.25, 0.3) is 11.1 Å². The molecule has 5 nitrogen and oxygen atoms in total. The predicted octanol–water partition coefficient (Wildman–Crippen LogP) is 4.11. The van der Waals surface area contributed by atoms with Crippen molar-refractivity contribution in [3.05, 3.63) is 77.2 Å². The van der Waals surface area contributed by atoms with Crippen molar-refractivity contribution in [2.45, 2.75) is 19.4 Å². The number of hydrogen-bond donors (Lipinski definition) is 0. The first-order valence-corrected chi connectivity index (χ1v) is 8.45. The number of carbonyl (C=O) groups excluding carboxylic acids is 1. The average molecular weight is 346 g/mol. The third kappa shape index (κ3) is 2.71. The van der Waals surface area contributed by atoms with Crippen LogP contribution in [0.15, 0.2) is 64.1 Å². The van der Waals surface area contributed by atoms with Gasteiger partial charge in [-0.1, -0.05) is 59.8 Å². The number of fused-ring (bicyclic) bond motifs is 3. The molecule has 26 heavy (non-hydrogen) atoms. The molecule has 0 saturated heterocycles. The van der Waals surface area contributed by atoms with E-state index in [2.05, 4.69) is 5.16 Å². The van der Waals surface area contributed by atoms with Gasteiger partial charge in [0.25, 0.3) is 0 Å². The van der Waals surface area contributed by atoms with E-state index >= 15 is 0 Å². The molecule has 0 saturated carbocycles. The third-order valence-electron chi connectivity index (χ3n) is 4.56. The molecule has 2 heterocycles. The van der Waals surface area contributed by atoms with E-state index in [0.29, 0.717) is 5.76 Å². The lowest BCUT2D eigenvalue weighted by Crippen LogP contribution is -2.10. The van der Waals surface area contributed by atoms with Crippen molar-refractivity contribution in [1.29, 1.82) is 0 Å². The normalized spacial score (nSPS) is 15.5. The second kappa shape index (κ2) is 6.59. The first-order valence-electron chi connectivity index (χ1n) is 8.45. The lowest BCUT2D eigenvalue weighted by molar-refractivity contribution is -0.141. The highest BCUT2D eigenvalue weighted by Gasteiger charge is 2.31. The van der Waals surface area contributed by atoms with Crippen LogP contribution in [0, 0.1) is 6.92 Å². The zero-order valence-electron chi connectivity index (χ0n) is 14.6. The van der Waals surface area contributed by atoms with Crippen molar-refractivity contribution in [3.63, 3.8) is 0 Å². The minimum Gasteiger partial charge on any atom is -0.469 e. The number of benzene rings is 2. The molecule has 0 fully saturated rings. The van der Waals surface area contributed by atoms with Gasteiger partial charge in [0.05, 0.1) is 30.5 Å². The van der Waals surface area contributed by atoms with E-state index < -0.39 is 6.04 Å². The quantitative estimate of drug-likeness (QED) is 0.670. The molecule has 3 aromatic rings. The molecule has 1 aliphatic heterocycles. The van der Waals surface area contributed by atoms with Crippen LogP contribution in [0.1, 0.15) is 35.0 Å². The summed E-state index contributed by atoms with van der Waals surface area (Å²) in [6.45, 7) is 1.90. The van der Waals surface area contributed by atoms with E-state index in [-0.39, 0.29) is 12.4 Å². The fourth-order valence-corrected chi connectivity index (χ4v) is 3.34. The number of hydrogen-bond acceptors (Lipinski definition) is 5. The van der Waals surface area contributed by atoms with Crippen molar-refractivity contribution < 1.29 is 14.1 Å². The molecule has 0 aliphatic carbocycles. The molecule has 1 atom stereocenters. The molecule has 5 heteroatoms. The van der Waals surface area contributed by atoms with Gasteiger partial charge in [-0.3, -0.25) is 9.79 Å². The molecular weight excluding hydrogens is 328 g/mol. The Balaban J connectivity index is 1.98. The van der Waals surface area contributed by atoms with Crippen molar-refractivity contribution in [2.75, 3.05) is 7.11 Å². The van der Waals surface area contributed by atoms with Gasteiger partial charge in [-0.05, 0) is 12.5 Å². The molecule has 0 bridgehead atoms. The van der Waals surface area contributed by atoms with Gasteiger partial charge in [0.1, 0.15) is 6.04 Å². The van der Waals surface area contributed by atoms with Gasteiger partial charge in [0.2, 0.25) is 0 Å². The summed E-state index contributed by atoms with van der Waals surface area (Å²) < 4.78 is 10.5. The maximum absolute atomic E-state index is 12.0. The van der Waals surface area contributed by atoms with E-state index in [1.54, 1.807) is 0 Å². The first kappa shape index (κ1) is 16.3. The van der Waals surface area contributed by atoms with Crippen LogP contribution in [0.4, 0.5) is 0 Å². The van der Waals surface area contributed by atoms with Crippen LogP contribution in [0.5, 0.6) is 0 Å². The number of nitrogens with zero attached hydrogens (tertiary/aromatic N) is 2. The second-order valence-corrected chi connectivity index (χ2v) is 6.19. The molecule has 1 aromatic heterocycles. The number of carbonyl (C=O) groups is 1. The average Bonchev–Trinajstić information content (AvgIpc) is 3.00. The molecule has 2 aromatic carbocycles. The zero-order valence-corrected chi connectivity index (χ0v) is 14.6. The molecule has 0 N–H and O–H groups in total. The van der Waals surface area contributed by atoms with Crippen LogP contribution < -0.4 is 0 Å². The summed E-state index contributed by atoms with van der Waals surface area (Å²) in [6.07, 6.45) is 0.0997. The molecular formula is C21H18N2O3. The molecule has 0 unspecified atom stereocenters. The second-order valence-electron chi connectivity index (χ2n) is 6.19. The highest BCUT2D eigenvalue weighted by molar-refractivity contribution is 6.17. The Labute approximate surface area is 151 Å². The van der Waals surface area contributed by atoms with Gasteiger partial charge < -0.3 is 9.26 Å². The van der Waals surface area contributed by atoms with Gasteiger partial charge in [-0.25, -0.2) is 0 Å². The largest absolute Gasteiger partial charge is 0.469 e. The molecule has 130 valence electrons. The Kier molecular flexibility index (Phi) is 4.13. The Hall–Kier alpha value is -3.21.